The van der Waals surface area contributed by atoms with Gasteiger partial charge < -0.3 is 20.4 Å². The molecule has 1 aliphatic rings. The highest BCUT2D eigenvalue weighted by Gasteiger charge is 2.23. The summed E-state index contributed by atoms with van der Waals surface area (Å²) in [6, 6.07) is 9.28. The molecule has 27 heavy (non-hydrogen) atoms. The Morgan fingerprint density at radius 2 is 1.89 bits per heavy atom. The van der Waals surface area contributed by atoms with Gasteiger partial charge in [-0.3, -0.25) is 4.99 Å². The van der Waals surface area contributed by atoms with E-state index in [9.17, 15) is 0 Å². The number of anilines is 1. The van der Waals surface area contributed by atoms with Gasteiger partial charge >= 0.3 is 0 Å². The Kier molecular flexibility index (Phi) is 11.7. The zero-order valence-electron chi connectivity index (χ0n) is 17.5. The molecule has 154 valence electrons. The Morgan fingerprint density at radius 1 is 1.19 bits per heavy atom. The third-order valence-electron chi connectivity index (χ3n) is 5.24. The highest BCUT2D eigenvalue weighted by Crippen LogP contribution is 2.20. The number of aliphatic imine (C=N–C) groups is 1. The minimum absolute atomic E-state index is 0. The van der Waals surface area contributed by atoms with E-state index in [1.807, 2.05) is 7.05 Å². The second kappa shape index (κ2) is 13.2. The molecule has 1 heterocycles. The summed E-state index contributed by atoms with van der Waals surface area (Å²) in [5.74, 6) is 0.934. The topological polar surface area (TPSA) is 42.9 Å². The lowest BCUT2D eigenvalue weighted by atomic mass is 10.2. The molecule has 1 saturated heterocycles. The number of nitrogens with one attached hydrogen (secondary N) is 2. The highest BCUT2D eigenvalue weighted by molar-refractivity contribution is 14.0. The molecule has 0 aromatic heterocycles. The SMILES string of the molecule is CCN(CC)CCCCNC(=NC)NC1CCN(c2ccc(C)cc2)C1.I. The summed E-state index contributed by atoms with van der Waals surface area (Å²) in [5.41, 5.74) is 2.63. The monoisotopic (exact) mass is 487 g/mol. The van der Waals surface area contributed by atoms with Crippen LogP contribution in [0.5, 0.6) is 0 Å². The van der Waals surface area contributed by atoms with Crippen LogP contribution in [0.15, 0.2) is 29.3 Å². The molecule has 0 aliphatic carbocycles. The van der Waals surface area contributed by atoms with E-state index in [4.69, 9.17) is 0 Å². The maximum Gasteiger partial charge on any atom is 0.191 e. The summed E-state index contributed by atoms with van der Waals surface area (Å²) in [5, 5.41) is 7.06. The normalized spacial score (nSPS) is 17.1. The van der Waals surface area contributed by atoms with E-state index in [1.165, 1.54) is 30.6 Å². The molecule has 0 amide bonds. The van der Waals surface area contributed by atoms with Crippen molar-refractivity contribution in [3.8, 4) is 0 Å². The molecule has 1 fully saturated rings. The number of unbranched alkanes of at least 4 members (excludes halogenated alkanes) is 1. The Balaban J connectivity index is 0.00000364. The van der Waals surface area contributed by atoms with Crippen molar-refractivity contribution in [1.29, 1.82) is 0 Å². The van der Waals surface area contributed by atoms with Crippen molar-refractivity contribution in [1.82, 2.24) is 15.5 Å². The zero-order chi connectivity index (χ0) is 18.8. The van der Waals surface area contributed by atoms with Gasteiger partial charge in [-0.25, -0.2) is 0 Å². The van der Waals surface area contributed by atoms with Crippen LogP contribution in [0, 0.1) is 6.92 Å². The molecule has 1 unspecified atom stereocenters. The Bertz CT molecular complexity index is 542. The maximum absolute atomic E-state index is 4.39. The smallest absolute Gasteiger partial charge is 0.191 e. The van der Waals surface area contributed by atoms with Gasteiger partial charge in [-0.2, -0.15) is 0 Å². The molecule has 1 aliphatic heterocycles. The summed E-state index contributed by atoms with van der Waals surface area (Å²) < 4.78 is 0. The van der Waals surface area contributed by atoms with Crippen molar-refractivity contribution in [3.05, 3.63) is 29.8 Å². The van der Waals surface area contributed by atoms with E-state index in [2.05, 4.69) is 70.5 Å². The maximum atomic E-state index is 4.39. The molecule has 0 spiro atoms. The summed E-state index contributed by atoms with van der Waals surface area (Å²) in [6.07, 6.45) is 3.56. The average molecular weight is 487 g/mol. The Labute approximate surface area is 183 Å². The van der Waals surface area contributed by atoms with Crippen LogP contribution in [0.25, 0.3) is 0 Å². The highest BCUT2D eigenvalue weighted by atomic mass is 127. The predicted molar refractivity (Wildman–Crippen MR) is 129 cm³/mol. The molecular formula is C21H38IN5. The van der Waals surface area contributed by atoms with Gasteiger partial charge in [0.15, 0.2) is 5.96 Å². The molecule has 1 atom stereocenters. The van der Waals surface area contributed by atoms with E-state index in [0.29, 0.717) is 6.04 Å². The van der Waals surface area contributed by atoms with Gasteiger partial charge in [0.25, 0.3) is 0 Å². The van der Waals surface area contributed by atoms with Crippen LogP contribution >= 0.6 is 24.0 Å². The van der Waals surface area contributed by atoms with Crippen molar-refractivity contribution in [2.45, 2.75) is 46.1 Å². The number of guanidine groups is 1. The van der Waals surface area contributed by atoms with Crippen LogP contribution in [0.3, 0.4) is 0 Å². The molecule has 0 saturated carbocycles. The number of hydrogen-bond donors (Lipinski definition) is 2. The predicted octanol–water partition coefficient (Wildman–Crippen LogP) is 3.48. The lowest BCUT2D eigenvalue weighted by molar-refractivity contribution is 0.297. The molecular weight excluding hydrogens is 449 g/mol. The first-order valence-corrected chi connectivity index (χ1v) is 10.2. The Morgan fingerprint density at radius 3 is 2.52 bits per heavy atom. The van der Waals surface area contributed by atoms with Gasteiger partial charge in [0, 0.05) is 38.4 Å². The number of benzene rings is 1. The van der Waals surface area contributed by atoms with E-state index < -0.39 is 0 Å². The third kappa shape index (κ3) is 8.25. The van der Waals surface area contributed by atoms with Crippen molar-refractivity contribution in [2.75, 3.05) is 51.2 Å². The van der Waals surface area contributed by atoms with Gasteiger partial charge in [0.2, 0.25) is 0 Å². The number of aryl methyl sites for hydroxylation is 1. The van der Waals surface area contributed by atoms with E-state index in [-0.39, 0.29) is 24.0 Å². The summed E-state index contributed by atoms with van der Waals surface area (Å²) >= 11 is 0. The zero-order valence-corrected chi connectivity index (χ0v) is 19.8. The number of nitrogens with zero attached hydrogens (tertiary/aromatic N) is 3. The standard InChI is InChI=1S/C21H37N5.HI/c1-5-25(6-2)15-8-7-14-23-21(22-4)24-19-13-16-26(17-19)20-11-9-18(3)10-12-20;/h9-12,19H,5-8,13-17H2,1-4H3,(H2,22,23,24);1H. The van der Waals surface area contributed by atoms with Crippen LogP contribution in [0.4, 0.5) is 5.69 Å². The third-order valence-corrected chi connectivity index (χ3v) is 5.24. The first-order chi connectivity index (χ1) is 12.7. The Hall–Kier alpha value is -1.02. The number of hydrogen-bond acceptors (Lipinski definition) is 3. The average Bonchev–Trinajstić information content (AvgIpc) is 3.12. The van der Waals surface area contributed by atoms with E-state index >= 15 is 0 Å². The largest absolute Gasteiger partial charge is 0.369 e. The van der Waals surface area contributed by atoms with Gasteiger partial charge in [-0.15, -0.1) is 24.0 Å². The molecule has 5 nitrogen and oxygen atoms in total. The fourth-order valence-electron chi connectivity index (χ4n) is 3.46. The molecule has 0 bridgehead atoms. The first kappa shape index (κ1) is 24.0. The number of rotatable bonds is 9. The summed E-state index contributed by atoms with van der Waals surface area (Å²) in [6.45, 7) is 13.2. The van der Waals surface area contributed by atoms with Gasteiger partial charge in [0.1, 0.15) is 0 Å². The van der Waals surface area contributed by atoms with Crippen LogP contribution < -0.4 is 15.5 Å². The van der Waals surface area contributed by atoms with E-state index in [0.717, 1.165) is 45.1 Å². The van der Waals surface area contributed by atoms with Crippen molar-refractivity contribution in [3.63, 3.8) is 0 Å². The first-order valence-electron chi connectivity index (χ1n) is 10.2. The molecule has 6 heteroatoms. The van der Waals surface area contributed by atoms with Crippen LogP contribution in [0.2, 0.25) is 0 Å². The second-order valence-electron chi connectivity index (χ2n) is 7.14. The fourth-order valence-corrected chi connectivity index (χ4v) is 3.46. The van der Waals surface area contributed by atoms with Gasteiger partial charge in [-0.05, 0) is 58.0 Å². The minimum Gasteiger partial charge on any atom is -0.369 e. The van der Waals surface area contributed by atoms with Crippen LogP contribution in [-0.4, -0.2) is 63.2 Å². The van der Waals surface area contributed by atoms with Crippen molar-refractivity contribution in [2.24, 2.45) is 4.99 Å². The van der Waals surface area contributed by atoms with Gasteiger partial charge in [-0.1, -0.05) is 31.5 Å². The van der Waals surface area contributed by atoms with Crippen molar-refractivity contribution < 1.29 is 0 Å². The van der Waals surface area contributed by atoms with Gasteiger partial charge in [0.05, 0.1) is 0 Å². The summed E-state index contributed by atoms with van der Waals surface area (Å²) in [7, 11) is 1.86. The number of halogens is 1. The molecule has 1 aromatic rings. The van der Waals surface area contributed by atoms with Crippen LogP contribution in [-0.2, 0) is 0 Å². The van der Waals surface area contributed by atoms with Crippen LogP contribution in [0.1, 0.15) is 38.7 Å². The lowest BCUT2D eigenvalue weighted by Crippen LogP contribution is -2.45. The quantitative estimate of drug-likeness (QED) is 0.242. The molecule has 1 aromatic carbocycles. The molecule has 2 N–H and O–H groups in total. The lowest BCUT2D eigenvalue weighted by Gasteiger charge is -2.21. The van der Waals surface area contributed by atoms with E-state index in [1.54, 1.807) is 0 Å². The fraction of sp³-hybridized carbons (Fsp3) is 0.667. The molecule has 2 rings (SSSR count). The second-order valence-corrected chi connectivity index (χ2v) is 7.14. The molecule has 0 radical (unpaired) electrons. The summed E-state index contributed by atoms with van der Waals surface area (Å²) in [4.78, 5) is 9.32. The minimum atomic E-state index is 0. The van der Waals surface area contributed by atoms with Crippen molar-refractivity contribution >= 4 is 35.6 Å².